The molecule has 8 rings (SSSR count). The summed E-state index contributed by atoms with van der Waals surface area (Å²) in [5.41, 5.74) is 5.37. The number of hydrogen-bond acceptors (Lipinski definition) is 13. The third-order valence-corrected chi connectivity index (χ3v) is 16.3. The smallest absolute Gasteiger partial charge is 0.243 e. The van der Waals surface area contributed by atoms with Crippen LogP contribution in [0.5, 0.6) is 17.2 Å². The van der Waals surface area contributed by atoms with Gasteiger partial charge in [0.2, 0.25) is 20.0 Å². The summed E-state index contributed by atoms with van der Waals surface area (Å²) in [4.78, 5) is 14.5. The first-order valence-electron chi connectivity index (χ1n) is 20.5. The Balaban J connectivity index is 0.000000186. The zero-order valence-corrected chi connectivity index (χ0v) is 38.6. The zero-order valence-electron chi connectivity index (χ0n) is 35.3. The summed E-state index contributed by atoms with van der Waals surface area (Å²) in [7, 11) is -3.90. The Kier molecular flexibility index (Phi) is 14.8. The normalized spacial score (nSPS) is 15.2. The molecular formula is C45H52N6O7S4. The topological polar surface area (TPSA) is 135 Å². The van der Waals surface area contributed by atoms with Crippen LogP contribution in [0.2, 0.25) is 0 Å². The molecular weight excluding hydrogens is 865 g/mol. The monoisotopic (exact) mass is 916 g/mol. The van der Waals surface area contributed by atoms with Gasteiger partial charge >= 0.3 is 0 Å². The first kappa shape index (κ1) is 45.0. The summed E-state index contributed by atoms with van der Waals surface area (Å²) in [5.74, 6) is 2.12. The number of methoxy groups -OCH3 is 2. The second kappa shape index (κ2) is 20.4. The van der Waals surface area contributed by atoms with Crippen molar-refractivity contribution in [3.05, 3.63) is 113 Å². The minimum Gasteiger partial charge on any atom is -0.497 e. The molecule has 13 nitrogen and oxygen atoms in total. The van der Waals surface area contributed by atoms with Gasteiger partial charge in [-0.2, -0.15) is 8.61 Å². The predicted molar refractivity (Wildman–Crippen MR) is 248 cm³/mol. The average Bonchev–Trinajstić information content (AvgIpc) is 4.02. The lowest BCUT2D eigenvalue weighted by Gasteiger charge is -2.33. The number of benzene rings is 4. The molecule has 0 N–H and O–H groups in total. The van der Waals surface area contributed by atoms with Crippen LogP contribution in [0.4, 0.5) is 10.3 Å². The van der Waals surface area contributed by atoms with Gasteiger partial charge in [-0.25, -0.2) is 26.8 Å². The van der Waals surface area contributed by atoms with E-state index in [4.69, 9.17) is 24.2 Å². The highest BCUT2D eigenvalue weighted by molar-refractivity contribution is 7.89. The fourth-order valence-electron chi connectivity index (χ4n) is 7.14. The van der Waals surface area contributed by atoms with Crippen molar-refractivity contribution < 1.29 is 31.0 Å². The number of ether oxygens (including phenoxy) is 3. The molecule has 17 heteroatoms. The highest BCUT2D eigenvalue weighted by Gasteiger charge is 2.31. The highest BCUT2D eigenvalue weighted by Crippen LogP contribution is 2.32. The SMILES string of the molecule is CCCc1ccc(-c2csc(N3CCN(S(=O)(=O)c4ccc(OC)cc4)CC3)n2)cc1.CCOc1ccc(-c2csc(N3CCN(S(=O)(=O)c4ccc(OC)cc4)CC3)n2)cc1. The molecule has 2 aliphatic heterocycles. The van der Waals surface area contributed by atoms with Gasteiger partial charge < -0.3 is 24.0 Å². The Morgan fingerprint density at radius 2 is 0.919 bits per heavy atom. The average molecular weight is 917 g/mol. The minimum atomic E-state index is -3.52. The van der Waals surface area contributed by atoms with Crippen molar-refractivity contribution in [2.75, 3.05) is 83.0 Å². The second-order valence-corrected chi connectivity index (χ2v) is 20.1. The third-order valence-electron chi connectivity index (χ3n) is 10.6. The van der Waals surface area contributed by atoms with Crippen LogP contribution in [-0.4, -0.2) is 109 Å². The maximum absolute atomic E-state index is 12.9. The van der Waals surface area contributed by atoms with Crippen molar-refractivity contribution in [2.45, 2.75) is 36.5 Å². The van der Waals surface area contributed by atoms with Crippen molar-refractivity contribution >= 4 is 53.0 Å². The van der Waals surface area contributed by atoms with E-state index >= 15 is 0 Å². The van der Waals surface area contributed by atoms with Gasteiger partial charge in [0.25, 0.3) is 0 Å². The standard InChI is InChI=1S/C23H27N3O3S2.C22H25N3O4S2/c1-3-4-18-5-7-19(8-6-18)22-17-30-23(24-22)25-13-15-26(16-14-25)31(27,28)21-11-9-20(29-2)10-12-21;1-3-29-19-6-4-17(5-7-19)21-16-30-22(23-21)24-12-14-25(15-13-24)31(26,27)20-10-8-18(28-2)9-11-20/h5-12,17H,3-4,13-16H2,1-2H3;4-11,16H,3,12-15H2,1-2H3. The first-order valence-corrected chi connectivity index (χ1v) is 25.2. The number of sulfonamides is 2. The van der Waals surface area contributed by atoms with E-state index in [1.807, 2.05) is 36.6 Å². The number of anilines is 2. The van der Waals surface area contributed by atoms with Gasteiger partial charge in [0.05, 0.1) is 42.0 Å². The third kappa shape index (κ3) is 10.6. The predicted octanol–water partition coefficient (Wildman–Crippen LogP) is 8.01. The maximum atomic E-state index is 12.9. The van der Waals surface area contributed by atoms with Crippen LogP contribution < -0.4 is 24.0 Å². The van der Waals surface area contributed by atoms with E-state index in [2.05, 4.69) is 46.4 Å². The van der Waals surface area contributed by atoms with Gasteiger partial charge in [-0.3, -0.25) is 0 Å². The van der Waals surface area contributed by atoms with Crippen LogP contribution in [0.3, 0.4) is 0 Å². The van der Waals surface area contributed by atoms with Gasteiger partial charge in [-0.05, 0) is 91.7 Å². The van der Waals surface area contributed by atoms with Gasteiger partial charge in [0, 0.05) is 74.2 Å². The van der Waals surface area contributed by atoms with Crippen LogP contribution in [-0.2, 0) is 26.5 Å². The van der Waals surface area contributed by atoms with Crippen molar-refractivity contribution in [1.29, 1.82) is 0 Å². The summed E-state index contributed by atoms with van der Waals surface area (Å²) in [6, 6.07) is 29.5. The number of rotatable bonds is 14. The summed E-state index contributed by atoms with van der Waals surface area (Å²) < 4.78 is 70.6. The molecule has 0 unspecified atom stereocenters. The van der Waals surface area contributed by atoms with Crippen molar-refractivity contribution in [1.82, 2.24) is 18.6 Å². The molecule has 0 spiro atoms. The Morgan fingerprint density at radius 3 is 1.29 bits per heavy atom. The van der Waals surface area contributed by atoms with Gasteiger partial charge in [0.1, 0.15) is 17.2 Å². The lowest BCUT2D eigenvalue weighted by atomic mass is 10.1. The summed E-state index contributed by atoms with van der Waals surface area (Å²) >= 11 is 3.18. The molecule has 4 heterocycles. The Hall–Kier alpha value is -5.04. The number of aromatic nitrogens is 2. The Bertz CT molecular complexity index is 2390. The molecule has 0 atom stereocenters. The van der Waals surface area contributed by atoms with E-state index in [0.29, 0.717) is 75.4 Å². The molecule has 2 aliphatic rings. The molecule has 62 heavy (non-hydrogen) atoms. The molecule has 0 saturated carbocycles. The van der Waals surface area contributed by atoms with Gasteiger partial charge in [0.15, 0.2) is 10.3 Å². The van der Waals surface area contributed by atoms with E-state index in [-0.39, 0.29) is 4.90 Å². The molecule has 2 aromatic heterocycles. The Morgan fingerprint density at radius 1 is 0.532 bits per heavy atom. The van der Waals surface area contributed by atoms with Crippen LogP contribution in [0.15, 0.2) is 118 Å². The molecule has 6 aromatic rings. The van der Waals surface area contributed by atoms with E-state index in [1.54, 1.807) is 89.7 Å². The second-order valence-electron chi connectivity index (χ2n) is 14.6. The molecule has 0 radical (unpaired) electrons. The van der Waals surface area contributed by atoms with E-state index in [1.165, 1.54) is 9.87 Å². The zero-order chi connectivity index (χ0) is 43.7. The molecule has 0 bridgehead atoms. The number of thiazole rings is 2. The molecule has 2 saturated heterocycles. The lowest BCUT2D eigenvalue weighted by molar-refractivity contribution is 0.340. The largest absolute Gasteiger partial charge is 0.497 e. The van der Waals surface area contributed by atoms with E-state index in [9.17, 15) is 16.8 Å². The van der Waals surface area contributed by atoms with Gasteiger partial charge in [-0.15, -0.1) is 22.7 Å². The van der Waals surface area contributed by atoms with Crippen molar-refractivity contribution in [3.8, 4) is 39.8 Å². The molecule has 0 amide bonds. The van der Waals surface area contributed by atoms with E-state index in [0.717, 1.165) is 51.4 Å². The molecule has 4 aromatic carbocycles. The Labute approximate surface area is 373 Å². The number of piperazine rings is 2. The van der Waals surface area contributed by atoms with Crippen LogP contribution in [0, 0.1) is 0 Å². The van der Waals surface area contributed by atoms with E-state index < -0.39 is 20.0 Å². The summed E-state index contributed by atoms with van der Waals surface area (Å²) in [5, 5.41) is 5.95. The summed E-state index contributed by atoms with van der Waals surface area (Å²) in [6.45, 7) is 8.96. The number of hydrogen-bond donors (Lipinski definition) is 0. The number of nitrogens with zero attached hydrogens (tertiary/aromatic N) is 6. The molecule has 2 fully saturated rings. The highest BCUT2D eigenvalue weighted by atomic mass is 32.2. The van der Waals surface area contributed by atoms with Crippen molar-refractivity contribution in [2.24, 2.45) is 0 Å². The first-order chi connectivity index (χ1) is 30.0. The maximum Gasteiger partial charge on any atom is 0.243 e. The van der Waals surface area contributed by atoms with Crippen LogP contribution >= 0.6 is 22.7 Å². The number of aryl methyl sites for hydroxylation is 1. The molecule has 0 aliphatic carbocycles. The molecule has 328 valence electrons. The van der Waals surface area contributed by atoms with Crippen LogP contribution in [0.1, 0.15) is 25.8 Å². The minimum absolute atomic E-state index is 0.286. The van der Waals surface area contributed by atoms with Crippen LogP contribution in [0.25, 0.3) is 22.5 Å². The summed E-state index contributed by atoms with van der Waals surface area (Å²) in [6.07, 6.45) is 2.23. The quantitative estimate of drug-likeness (QED) is 0.105. The van der Waals surface area contributed by atoms with Gasteiger partial charge in [-0.1, -0.05) is 37.6 Å². The fourth-order valence-corrected chi connectivity index (χ4v) is 11.8. The van der Waals surface area contributed by atoms with Crippen molar-refractivity contribution in [3.63, 3.8) is 0 Å². The fraction of sp³-hybridized carbons (Fsp3) is 0.333. The lowest BCUT2D eigenvalue weighted by Crippen LogP contribution is -2.48.